The minimum Gasteiger partial charge on any atom is -0.298 e. The number of amides is 1. The van der Waals surface area contributed by atoms with E-state index < -0.39 is 10.0 Å². The van der Waals surface area contributed by atoms with Crippen molar-refractivity contribution in [2.45, 2.75) is 25.9 Å². The van der Waals surface area contributed by atoms with Crippen LogP contribution in [0.25, 0.3) is 0 Å². The fourth-order valence-electron chi connectivity index (χ4n) is 4.18. The van der Waals surface area contributed by atoms with Crippen molar-refractivity contribution in [1.82, 2.24) is 9.88 Å². The topological polar surface area (TPSA) is 82.6 Å². The fourth-order valence-corrected chi connectivity index (χ4v) is 6.78. The van der Waals surface area contributed by atoms with E-state index in [2.05, 4.69) is 39.5 Å². The number of anilines is 2. The molecule has 5 rings (SSSR count). The molecule has 0 bridgehead atoms. The maximum Gasteiger partial charge on any atom is 0.257 e. The van der Waals surface area contributed by atoms with Crippen molar-refractivity contribution in [2.24, 2.45) is 0 Å². The van der Waals surface area contributed by atoms with Crippen molar-refractivity contribution < 1.29 is 13.2 Å². The number of nitrogens with zero attached hydrogens (tertiary/aromatic N) is 3. The van der Waals surface area contributed by atoms with Crippen LogP contribution in [0.1, 0.15) is 32.9 Å². The van der Waals surface area contributed by atoms with E-state index >= 15 is 0 Å². The number of nitrogens with one attached hydrogen (secondary N) is 1. The quantitative estimate of drug-likeness (QED) is 0.620. The summed E-state index contributed by atoms with van der Waals surface area (Å²) in [5, 5.41) is 3.48. The van der Waals surface area contributed by atoms with E-state index in [1.807, 2.05) is 6.07 Å². The molecule has 3 heterocycles. The molecule has 1 N–H and O–H groups in total. The Morgan fingerprint density at radius 1 is 1.09 bits per heavy atom. The van der Waals surface area contributed by atoms with E-state index in [1.165, 1.54) is 26.1 Å². The molecule has 32 heavy (non-hydrogen) atoms. The number of hydrogen-bond donors (Lipinski definition) is 1. The average Bonchev–Trinajstić information content (AvgIpc) is 3.35. The lowest BCUT2D eigenvalue weighted by molar-refractivity contribution is 0.102. The zero-order valence-corrected chi connectivity index (χ0v) is 19.2. The van der Waals surface area contributed by atoms with Gasteiger partial charge in [-0.25, -0.2) is 13.4 Å². The molecule has 2 aliphatic rings. The highest BCUT2D eigenvalue weighted by molar-refractivity contribution is 7.93. The normalized spacial score (nSPS) is 17.8. The molecule has 0 aliphatic carbocycles. The Labute approximate surface area is 191 Å². The fraction of sp³-hybridized carbons (Fsp3) is 0.304. The summed E-state index contributed by atoms with van der Waals surface area (Å²) in [4.78, 5) is 21.0. The van der Waals surface area contributed by atoms with Crippen LogP contribution in [0.2, 0.25) is 0 Å². The molecule has 166 valence electrons. The number of carbonyl (C=O) groups excluding carboxylic acids is 1. The molecule has 2 aliphatic heterocycles. The highest BCUT2D eigenvalue weighted by Crippen LogP contribution is 2.30. The van der Waals surface area contributed by atoms with Crippen LogP contribution in [0.15, 0.2) is 54.6 Å². The zero-order chi connectivity index (χ0) is 22.1. The van der Waals surface area contributed by atoms with Crippen molar-refractivity contribution in [2.75, 3.05) is 28.5 Å². The summed E-state index contributed by atoms with van der Waals surface area (Å²) in [6.07, 6.45) is 1.46. The van der Waals surface area contributed by atoms with Crippen LogP contribution in [0, 0.1) is 0 Å². The first-order chi connectivity index (χ1) is 15.5. The summed E-state index contributed by atoms with van der Waals surface area (Å²) in [6, 6.07) is 17.2. The molecule has 1 saturated heterocycles. The lowest BCUT2D eigenvalue weighted by Crippen LogP contribution is -2.29. The van der Waals surface area contributed by atoms with Gasteiger partial charge in [0.15, 0.2) is 5.13 Å². The number of rotatable bonds is 5. The summed E-state index contributed by atoms with van der Waals surface area (Å²) in [6.45, 7) is 3.10. The number of sulfonamides is 1. The number of benzene rings is 2. The molecule has 1 amide bonds. The van der Waals surface area contributed by atoms with Gasteiger partial charge in [-0.15, -0.1) is 11.3 Å². The molecule has 0 atom stereocenters. The molecule has 0 saturated carbocycles. The van der Waals surface area contributed by atoms with E-state index in [4.69, 9.17) is 0 Å². The molecule has 7 nitrogen and oxygen atoms in total. The Kier molecular flexibility index (Phi) is 5.71. The zero-order valence-electron chi connectivity index (χ0n) is 17.5. The van der Waals surface area contributed by atoms with Crippen LogP contribution < -0.4 is 9.62 Å². The molecule has 9 heteroatoms. The molecule has 2 aromatic carbocycles. The van der Waals surface area contributed by atoms with Gasteiger partial charge >= 0.3 is 0 Å². The number of carbonyl (C=O) groups is 1. The van der Waals surface area contributed by atoms with Crippen LogP contribution in [-0.2, 0) is 29.5 Å². The number of thiazole rings is 1. The predicted octanol–water partition coefficient (Wildman–Crippen LogP) is 3.49. The Bertz CT molecular complexity index is 1240. The second-order valence-electron chi connectivity index (χ2n) is 8.08. The number of hydrogen-bond acceptors (Lipinski definition) is 6. The van der Waals surface area contributed by atoms with Crippen molar-refractivity contribution in [3.63, 3.8) is 0 Å². The second kappa shape index (κ2) is 8.65. The molecular weight excluding hydrogens is 444 g/mol. The van der Waals surface area contributed by atoms with Gasteiger partial charge in [-0.3, -0.25) is 19.3 Å². The first-order valence-electron chi connectivity index (χ1n) is 10.6. The Hall–Kier alpha value is -2.75. The van der Waals surface area contributed by atoms with Gasteiger partial charge in [0.25, 0.3) is 5.91 Å². The molecule has 0 spiro atoms. The van der Waals surface area contributed by atoms with Crippen molar-refractivity contribution in [3.8, 4) is 0 Å². The molecule has 0 unspecified atom stereocenters. The highest BCUT2D eigenvalue weighted by Gasteiger charge is 2.29. The lowest BCUT2D eigenvalue weighted by Gasteiger charge is -2.25. The summed E-state index contributed by atoms with van der Waals surface area (Å²) >= 11 is 1.51. The van der Waals surface area contributed by atoms with Gasteiger partial charge in [0.2, 0.25) is 10.0 Å². The van der Waals surface area contributed by atoms with Gasteiger partial charge in [0.05, 0.1) is 17.1 Å². The average molecular weight is 469 g/mol. The van der Waals surface area contributed by atoms with E-state index in [-0.39, 0.29) is 11.7 Å². The maximum atomic E-state index is 12.8. The number of aromatic nitrogens is 1. The number of fused-ring (bicyclic) bond motifs is 1. The van der Waals surface area contributed by atoms with Gasteiger partial charge in [-0.2, -0.15) is 0 Å². The molecule has 1 fully saturated rings. The summed E-state index contributed by atoms with van der Waals surface area (Å²) in [7, 11) is -3.28. The maximum absolute atomic E-state index is 12.8. The Balaban J connectivity index is 1.27. The largest absolute Gasteiger partial charge is 0.298 e. The summed E-state index contributed by atoms with van der Waals surface area (Å²) in [5.41, 5.74) is 3.29. The van der Waals surface area contributed by atoms with Gasteiger partial charge in [0.1, 0.15) is 0 Å². The monoisotopic (exact) mass is 468 g/mol. The third-order valence-corrected chi connectivity index (χ3v) is 8.64. The Morgan fingerprint density at radius 2 is 1.94 bits per heavy atom. The van der Waals surface area contributed by atoms with Crippen molar-refractivity contribution >= 4 is 38.1 Å². The molecule has 0 radical (unpaired) electrons. The standard InChI is InChI=1S/C23H24N4O3S2/c28-22(18-8-4-9-19(14-18)27-11-5-13-32(27,29)30)25-23-24-20-10-12-26(16-21(20)31-23)15-17-6-2-1-3-7-17/h1-4,6-9,14H,5,10-13,15-16H2,(H,24,25,28). The van der Waals surface area contributed by atoms with Crippen LogP contribution >= 0.6 is 11.3 Å². The van der Waals surface area contributed by atoms with Crippen molar-refractivity contribution in [1.29, 1.82) is 0 Å². The van der Waals surface area contributed by atoms with Gasteiger partial charge in [0, 0.05) is 43.0 Å². The van der Waals surface area contributed by atoms with Gasteiger partial charge < -0.3 is 0 Å². The minimum atomic E-state index is -3.28. The van der Waals surface area contributed by atoms with Crippen LogP contribution in [0.3, 0.4) is 0 Å². The molecule has 3 aromatic rings. The highest BCUT2D eigenvalue weighted by atomic mass is 32.2. The minimum absolute atomic E-state index is 0.148. The van der Waals surface area contributed by atoms with E-state index in [9.17, 15) is 13.2 Å². The third-order valence-electron chi connectivity index (χ3n) is 5.78. The smallest absolute Gasteiger partial charge is 0.257 e. The van der Waals surface area contributed by atoms with E-state index in [1.54, 1.807) is 24.3 Å². The van der Waals surface area contributed by atoms with E-state index in [0.29, 0.717) is 29.3 Å². The first kappa shape index (κ1) is 21.1. The molecule has 1 aromatic heterocycles. The first-order valence-corrected chi connectivity index (χ1v) is 13.1. The lowest BCUT2D eigenvalue weighted by atomic mass is 10.1. The van der Waals surface area contributed by atoms with Crippen LogP contribution in [0.4, 0.5) is 10.8 Å². The van der Waals surface area contributed by atoms with Crippen LogP contribution in [-0.4, -0.2) is 43.1 Å². The van der Waals surface area contributed by atoms with Crippen LogP contribution in [0.5, 0.6) is 0 Å². The summed E-state index contributed by atoms with van der Waals surface area (Å²) in [5.74, 6) is -0.134. The molecular formula is C23H24N4O3S2. The van der Waals surface area contributed by atoms with Gasteiger partial charge in [-0.1, -0.05) is 36.4 Å². The summed E-state index contributed by atoms with van der Waals surface area (Å²) < 4.78 is 25.8. The van der Waals surface area contributed by atoms with Crippen molar-refractivity contribution in [3.05, 3.63) is 76.3 Å². The second-order valence-corrected chi connectivity index (χ2v) is 11.2. The predicted molar refractivity (Wildman–Crippen MR) is 127 cm³/mol. The van der Waals surface area contributed by atoms with E-state index in [0.717, 1.165) is 31.7 Å². The Morgan fingerprint density at radius 3 is 2.72 bits per heavy atom. The third kappa shape index (κ3) is 4.41. The SMILES string of the molecule is O=C(Nc1nc2c(s1)CN(Cc1ccccc1)CC2)c1cccc(N2CCCS2(=O)=O)c1. The van der Waals surface area contributed by atoms with Gasteiger partial charge in [-0.05, 0) is 30.2 Å².